The molecule has 2 N–H and O–H groups in total. The van der Waals surface area contributed by atoms with Crippen LogP contribution < -0.4 is 5.73 Å². The summed E-state index contributed by atoms with van der Waals surface area (Å²) in [5, 5.41) is 1.93. The Morgan fingerprint density at radius 2 is 2.04 bits per heavy atom. The lowest BCUT2D eigenvalue weighted by Crippen LogP contribution is -2.57. The SMILES string of the molecule is Cl.NCCCN1C(=O)CC[C@H]2CN(C(=O)CCN3CCCCO3)CC[C@H]21. The van der Waals surface area contributed by atoms with Crippen LogP contribution in [-0.4, -0.2) is 78.6 Å². The molecular weight excluding hydrogens is 356 g/mol. The van der Waals surface area contributed by atoms with E-state index < -0.39 is 0 Å². The van der Waals surface area contributed by atoms with Gasteiger partial charge in [-0.3, -0.25) is 14.4 Å². The summed E-state index contributed by atoms with van der Waals surface area (Å²) in [4.78, 5) is 34.4. The molecule has 0 aliphatic carbocycles. The number of rotatable bonds is 6. The largest absolute Gasteiger partial charge is 0.342 e. The molecular formula is C18H33ClN4O3. The average molecular weight is 389 g/mol. The van der Waals surface area contributed by atoms with Crippen molar-refractivity contribution in [2.75, 3.05) is 45.9 Å². The van der Waals surface area contributed by atoms with E-state index in [1.54, 1.807) is 0 Å². The number of piperidine rings is 2. The highest BCUT2D eigenvalue weighted by Crippen LogP contribution is 2.31. The molecule has 0 aromatic rings. The van der Waals surface area contributed by atoms with E-state index in [4.69, 9.17) is 10.6 Å². The fraction of sp³-hybridized carbons (Fsp3) is 0.889. The number of hydroxylamine groups is 2. The van der Waals surface area contributed by atoms with Gasteiger partial charge in [-0.15, -0.1) is 12.4 Å². The van der Waals surface area contributed by atoms with Gasteiger partial charge >= 0.3 is 0 Å². The first-order valence-corrected chi connectivity index (χ1v) is 9.84. The first-order chi connectivity index (χ1) is 12.2. The first-order valence-electron chi connectivity index (χ1n) is 9.84. The molecule has 3 fully saturated rings. The number of carbonyl (C=O) groups is 2. The Kier molecular flexibility index (Phi) is 8.60. The van der Waals surface area contributed by atoms with Crippen molar-refractivity contribution in [3.05, 3.63) is 0 Å². The number of hydrogen-bond acceptors (Lipinski definition) is 5. The molecule has 3 rings (SSSR count). The molecule has 3 saturated heterocycles. The van der Waals surface area contributed by atoms with Gasteiger partial charge in [0.2, 0.25) is 11.8 Å². The first kappa shape index (κ1) is 21.4. The van der Waals surface area contributed by atoms with Gasteiger partial charge in [0.1, 0.15) is 0 Å². The maximum atomic E-state index is 12.6. The van der Waals surface area contributed by atoms with Crippen molar-refractivity contribution in [3.8, 4) is 0 Å². The molecule has 2 amide bonds. The van der Waals surface area contributed by atoms with Crippen LogP contribution in [0.2, 0.25) is 0 Å². The zero-order valence-electron chi connectivity index (χ0n) is 15.6. The summed E-state index contributed by atoms with van der Waals surface area (Å²) in [7, 11) is 0. The quantitative estimate of drug-likeness (QED) is 0.734. The van der Waals surface area contributed by atoms with E-state index in [-0.39, 0.29) is 24.2 Å². The monoisotopic (exact) mass is 388 g/mol. The molecule has 0 spiro atoms. The number of hydrogen-bond donors (Lipinski definition) is 1. The summed E-state index contributed by atoms with van der Waals surface area (Å²) in [6.07, 6.45) is 6.04. The second kappa shape index (κ2) is 10.4. The maximum absolute atomic E-state index is 12.6. The molecule has 0 unspecified atom stereocenters. The van der Waals surface area contributed by atoms with Gasteiger partial charge in [0, 0.05) is 51.6 Å². The number of likely N-dealkylation sites (tertiary alicyclic amines) is 2. The van der Waals surface area contributed by atoms with Crippen LogP contribution in [0.5, 0.6) is 0 Å². The molecule has 3 aliphatic heterocycles. The van der Waals surface area contributed by atoms with Gasteiger partial charge in [-0.25, -0.2) is 0 Å². The molecule has 26 heavy (non-hydrogen) atoms. The van der Waals surface area contributed by atoms with Gasteiger partial charge in [-0.1, -0.05) is 0 Å². The topological polar surface area (TPSA) is 79.1 Å². The summed E-state index contributed by atoms with van der Waals surface area (Å²) in [5.41, 5.74) is 5.61. The molecule has 150 valence electrons. The summed E-state index contributed by atoms with van der Waals surface area (Å²) < 4.78 is 0. The average Bonchev–Trinajstić information content (AvgIpc) is 2.66. The predicted octanol–water partition coefficient (Wildman–Crippen LogP) is 1.01. The highest BCUT2D eigenvalue weighted by Gasteiger charge is 2.39. The van der Waals surface area contributed by atoms with E-state index in [1.807, 2.05) is 14.9 Å². The highest BCUT2D eigenvalue weighted by molar-refractivity contribution is 5.85. The molecule has 0 bridgehead atoms. The van der Waals surface area contributed by atoms with Gasteiger partial charge in [-0.2, -0.15) is 5.06 Å². The summed E-state index contributed by atoms with van der Waals surface area (Å²) in [5.74, 6) is 0.897. The van der Waals surface area contributed by atoms with Crippen LogP contribution in [0.15, 0.2) is 0 Å². The molecule has 0 saturated carbocycles. The number of nitrogens with zero attached hydrogens (tertiary/aromatic N) is 3. The zero-order chi connectivity index (χ0) is 17.6. The highest BCUT2D eigenvalue weighted by atomic mass is 35.5. The van der Waals surface area contributed by atoms with Gasteiger partial charge in [0.05, 0.1) is 6.61 Å². The summed E-state index contributed by atoms with van der Waals surface area (Å²) in [6, 6.07) is 0.294. The number of nitrogens with two attached hydrogens (primary N) is 1. The fourth-order valence-corrected chi connectivity index (χ4v) is 4.33. The van der Waals surface area contributed by atoms with Gasteiger partial charge in [-0.05, 0) is 44.6 Å². The van der Waals surface area contributed by atoms with Crippen molar-refractivity contribution in [1.82, 2.24) is 14.9 Å². The third-order valence-corrected chi connectivity index (χ3v) is 5.75. The minimum atomic E-state index is 0. The van der Waals surface area contributed by atoms with Crippen LogP contribution in [0.4, 0.5) is 0 Å². The minimum Gasteiger partial charge on any atom is -0.342 e. The van der Waals surface area contributed by atoms with Crippen molar-refractivity contribution in [1.29, 1.82) is 0 Å². The Bertz CT molecular complexity index is 473. The van der Waals surface area contributed by atoms with Crippen molar-refractivity contribution in [2.45, 2.75) is 51.0 Å². The van der Waals surface area contributed by atoms with Crippen LogP contribution in [0.25, 0.3) is 0 Å². The van der Waals surface area contributed by atoms with Gasteiger partial charge in [0.15, 0.2) is 0 Å². The summed E-state index contributed by atoms with van der Waals surface area (Å²) >= 11 is 0. The van der Waals surface area contributed by atoms with Crippen LogP contribution in [0.1, 0.15) is 44.9 Å². The third kappa shape index (κ3) is 5.31. The van der Waals surface area contributed by atoms with Crippen LogP contribution in [0.3, 0.4) is 0 Å². The zero-order valence-corrected chi connectivity index (χ0v) is 16.4. The lowest BCUT2D eigenvalue weighted by molar-refractivity contribution is -0.183. The van der Waals surface area contributed by atoms with Crippen LogP contribution >= 0.6 is 12.4 Å². The Morgan fingerprint density at radius 3 is 2.77 bits per heavy atom. The van der Waals surface area contributed by atoms with Gasteiger partial charge in [0.25, 0.3) is 0 Å². The molecule has 2 atom stereocenters. The van der Waals surface area contributed by atoms with Crippen molar-refractivity contribution >= 4 is 24.2 Å². The Morgan fingerprint density at radius 1 is 1.19 bits per heavy atom. The second-order valence-corrected chi connectivity index (χ2v) is 7.44. The third-order valence-electron chi connectivity index (χ3n) is 5.75. The molecule has 0 aromatic carbocycles. The van der Waals surface area contributed by atoms with E-state index in [0.29, 0.717) is 37.9 Å². The maximum Gasteiger partial charge on any atom is 0.223 e. The lowest BCUT2D eigenvalue weighted by Gasteiger charge is -2.47. The van der Waals surface area contributed by atoms with E-state index in [0.717, 1.165) is 64.9 Å². The van der Waals surface area contributed by atoms with Crippen LogP contribution in [-0.2, 0) is 14.4 Å². The van der Waals surface area contributed by atoms with E-state index in [9.17, 15) is 9.59 Å². The summed E-state index contributed by atoms with van der Waals surface area (Å²) in [6.45, 7) is 5.31. The molecule has 3 aliphatic rings. The van der Waals surface area contributed by atoms with Gasteiger partial charge < -0.3 is 15.5 Å². The smallest absolute Gasteiger partial charge is 0.223 e. The predicted molar refractivity (Wildman–Crippen MR) is 102 cm³/mol. The van der Waals surface area contributed by atoms with Crippen molar-refractivity contribution < 1.29 is 14.4 Å². The normalized spacial score (nSPS) is 27.0. The molecule has 7 nitrogen and oxygen atoms in total. The molecule has 8 heteroatoms. The number of amides is 2. The Labute approximate surface area is 162 Å². The lowest BCUT2D eigenvalue weighted by atomic mass is 9.83. The molecule has 3 heterocycles. The number of halogens is 1. The number of carbonyl (C=O) groups excluding carboxylic acids is 2. The molecule has 0 radical (unpaired) electrons. The number of fused-ring (bicyclic) bond motifs is 1. The Hall–Kier alpha value is -0.890. The second-order valence-electron chi connectivity index (χ2n) is 7.44. The van der Waals surface area contributed by atoms with Crippen LogP contribution in [0, 0.1) is 5.92 Å². The standard InChI is InChI=1S/C18H32N4O3.ClH/c19-8-3-10-22-16-6-11-20(14-15(16)4-5-18(22)24)17(23)7-12-21-9-1-2-13-25-21;/h15-16H,1-14,19H2;1H/t15-,16+;/m0./s1. The fourth-order valence-electron chi connectivity index (χ4n) is 4.33. The minimum absolute atomic E-state index is 0. The van der Waals surface area contributed by atoms with Crippen molar-refractivity contribution in [3.63, 3.8) is 0 Å². The van der Waals surface area contributed by atoms with E-state index in [1.165, 1.54) is 0 Å². The molecule has 0 aromatic heterocycles. The van der Waals surface area contributed by atoms with E-state index in [2.05, 4.69) is 0 Å². The van der Waals surface area contributed by atoms with Crippen molar-refractivity contribution in [2.24, 2.45) is 11.7 Å². The van der Waals surface area contributed by atoms with E-state index >= 15 is 0 Å². The Balaban J connectivity index is 0.00000243.